The van der Waals surface area contributed by atoms with E-state index in [0.717, 1.165) is 53.1 Å². The number of nitrogen functional groups attached to an aromatic ring is 1. The van der Waals surface area contributed by atoms with Crippen LogP contribution in [0.2, 0.25) is 0 Å². The Morgan fingerprint density at radius 2 is 1.96 bits per heavy atom. The first-order valence-electron chi connectivity index (χ1n) is 8.98. The molecule has 2 N–H and O–H groups in total. The number of aromatic nitrogens is 4. The highest BCUT2D eigenvalue weighted by Gasteiger charge is 2.20. The van der Waals surface area contributed by atoms with Crippen molar-refractivity contribution in [3.05, 3.63) is 64.7 Å². The van der Waals surface area contributed by atoms with Crippen LogP contribution in [0, 0.1) is 12.7 Å². The fourth-order valence-corrected chi connectivity index (χ4v) is 3.79. The summed E-state index contributed by atoms with van der Waals surface area (Å²) in [5.74, 6) is 0.900. The number of para-hydroxylation sites is 1. The van der Waals surface area contributed by atoms with E-state index < -0.39 is 0 Å². The van der Waals surface area contributed by atoms with Crippen molar-refractivity contribution in [1.29, 1.82) is 0 Å². The van der Waals surface area contributed by atoms with Crippen molar-refractivity contribution in [1.82, 2.24) is 24.5 Å². The van der Waals surface area contributed by atoms with E-state index in [9.17, 15) is 4.39 Å². The highest BCUT2D eigenvalue weighted by atomic mass is 19.1. The highest BCUT2D eigenvalue weighted by molar-refractivity contribution is 5.93. The zero-order chi connectivity index (χ0) is 18.5. The molecule has 1 aliphatic rings. The maximum Gasteiger partial charge on any atom is 0.223 e. The number of fused-ring (bicyclic) bond motifs is 4. The summed E-state index contributed by atoms with van der Waals surface area (Å²) in [6, 6.07) is 11.0. The van der Waals surface area contributed by atoms with Gasteiger partial charge in [-0.05, 0) is 41.8 Å². The molecule has 0 atom stereocenters. The van der Waals surface area contributed by atoms with Crippen molar-refractivity contribution < 1.29 is 4.39 Å². The zero-order valence-electron chi connectivity index (χ0n) is 15.0. The van der Waals surface area contributed by atoms with Gasteiger partial charge in [0.05, 0.1) is 5.52 Å². The van der Waals surface area contributed by atoms with E-state index in [1.54, 1.807) is 10.6 Å². The topological polar surface area (TPSA) is 72.3 Å². The number of anilines is 1. The van der Waals surface area contributed by atoms with Crippen molar-refractivity contribution in [3.63, 3.8) is 0 Å². The first-order valence-corrected chi connectivity index (χ1v) is 8.98. The summed E-state index contributed by atoms with van der Waals surface area (Å²) in [6.45, 7) is 4.40. The molecule has 0 bridgehead atoms. The molecule has 0 unspecified atom stereocenters. The molecular formula is C20H19FN6. The summed E-state index contributed by atoms with van der Waals surface area (Å²) in [6.07, 6.45) is 0.699. The Morgan fingerprint density at radius 1 is 1.11 bits per heavy atom. The van der Waals surface area contributed by atoms with Gasteiger partial charge in [-0.2, -0.15) is 4.52 Å². The molecule has 0 fully saturated rings. The fourth-order valence-electron chi connectivity index (χ4n) is 3.79. The lowest BCUT2D eigenvalue weighted by molar-refractivity contribution is 0.286. The molecular weight excluding hydrogens is 343 g/mol. The SMILES string of the molecule is Cc1cccc2c1nc(N)n1nc(CCN3Cc4ccc(F)cc4C3)nc21. The van der Waals surface area contributed by atoms with E-state index in [2.05, 4.69) is 15.0 Å². The Kier molecular flexibility index (Phi) is 3.58. The van der Waals surface area contributed by atoms with Gasteiger partial charge in [0.15, 0.2) is 11.5 Å². The quantitative estimate of drug-likeness (QED) is 0.607. The molecule has 3 heterocycles. The average molecular weight is 362 g/mol. The minimum Gasteiger partial charge on any atom is -0.368 e. The second-order valence-corrected chi connectivity index (χ2v) is 7.08. The molecule has 6 nitrogen and oxygen atoms in total. The second-order valence-electron chi connectivity index (χ2n) is 7.08. The van der Waals surface area contributed by atoms with E-state index in [1.807, 2.05) is 31.2 Å². The van der Waals surface area contributed by atoms with E-state index >= 15 is 0 Å². The van der Waals surface area contributed by atoms with Gasteiger partial charge in [-0.25, -0.2) is 14.4 Å². The zero-order valence-corrected chi connectivity index (χ0v) is 15.0. The molecule has 4 aromatic rings. The highest BCUT2D eigenvalue weighted by Crippen LogP contribution is 2.24. The minimum atomic E-state index is -0.178. The second kappa shape index (κ2) is 5.99. The van der Waals surface area contributed by atoms with Gasteiger partial charge < -0.3 is 5.73 Å². The molecule has 0 amide bonds. The number of hydrogen-bond acceptors (Lipinski definition) is 5. The summed E-state index contributed by atoms with van der Waals surface area (Å²) in [4.78, 5) is 11.5. The van der Waals surface area contributed by atoms with Crippen molar-refractivity contribution in [2.45, 2.75) is 26.4 Å². The molecule has 5 rings (SSSR count). The summed E-state index contributed by atoms with van der Waals surface area (Å²) in [5, 5.41) is 5.50. The number of nitrogens with zero attached hydrogens (tertiary/aromatic N) is 5. The van der Waals surface area contributed by atoms with E-state index in [0.29, 0.717) is 12.4 Å². The van der Waals surface area contributed by atoms with E-state index in [1.165, 1.54) is 11.6 Å². The number of nitrogens with two attached hydrogens (primary N) is 1. The Hall–Kier alpha value is -3.06. The average Bonchev–Trinajstić information content (AvgIpc) is 3.25. The smallest absolute Gasteiger partial charge is 0.223 e. The van der Waals surface area contributed by atoms with Crippen LogP contribution in [-0.2, 0) is 19.5 Å². The molecule has 27 heavy (non-hydrogen) atoms. The Morgan fingerprint density at radius 3 is 2.85 bits per heavy atom. The number of halogens is 1. The first kappa shape index (κ1) is 16.1. The lowest BCUT2D eigenvalue weighted by atomic mass is 10.1. The Bertz CT molecular complexity index is 1180. The van der Waals surface area contributed by atoms with Gasteiger partial charge in [-0.3, -0.25) is 4.90 Å². The largest absolute Gasteiger partial charge is 0.368 e. The predicted molar refractivity (Wildman–Crippen MR) is 102 cm³/mol. The number of hydrogen-bond donors (Lipinski definition) is 1. The van der Waals surface area contributed by atoms with Crippen LogP contribution >= 0.6 is 0 Å². The maximum atomic E-state index is 13.4. The van der Waals surface area contributed by atoms with Crippen LogP contribution < -0.4 is 5.73 Å². The van der Waals surface area contributed by atoms with Gasteiger partial charge in [-0.1, -0.05) is 18.2 Å². The molecule has 1 aliphatic heterocycles. The third-order valence-electron chi connectivity index (χ3n) is 5.18. The van der Waals surface area contributed by atoms with E-state index in [4.69, 9.17) is 10.7 Å². The van der Waals surface area contributed by atoms with Crippen molar-refractivity contribution in [2.24, 2.45) is 0 Å². The standard InChI is InChI=1S/C20H19FN6/c1-12-3-2-4-16-18(12)24-20(22)27-19(16)23-17(25-27)7-8-26-10-13-5-6-15(21)9-14(13)11-26/h2-6,9H,7-8,10-11H2,1H3,(H2,22,24). The summed E-state index contributed by atoms with van der Waals surface area (Å²) >= 11 is 0. The first-order chi connectivity index (χ1) is 13.1. The van der Waals surface area contributed by atoms with E-state index in [-0.39, 0.29) is 5.82 Å². The van der Waals surface area contributed by atoms with Gasteiger partial charge in [0.2, 0.25) is 5.95 Å². The van der Waals surface area contributed by atoms with Crippen molar-refractivity contribution >= 4 is 22.5 Å². The number of benzene rings is 2. The molecule has 0 radical (unpaired) electrons. The van der Waals surface area contributed by atoms with Crippen LogP contribution in [0.1, 0.15) is 22.5 Å². The van der Waals surface area contributed by atoms with Gasteiger partial charge in [0, 0.05) is 31.4 Å². The molecule has 0 saturated carbocycles. The van der Waals surface area contributed by atoms with Crippen molar-refractivity contribution in [3.8, 4) is 0 Å². The molecule has 0 aliphatic carbocycles. The lowest BCUT2D eigenvalue weighted by Gasteiger charge is -2.12. The third kappa shape index (κ3) is 2.71. The van der Waals surface area contributed by atoms with Gasteiger partial charge in [0.1, 0.15) is 5.82 Å². The molecule has 0 saturated heterocycles. The molecule has 0 spiro atoms. The molecule has 7 heteroatoms. The number of rotatable bonds is 3. The van der Waals surface area contributed by atoms with Crippen LogP contribution in [0.4, 0.5) is 10.3 Å². The lowest BCUT2D eigenvalue weighted by Crippen LogP contribution is -2.19. The monoisotopic (exact) mass is 362 g/mol. The van der Waals surface area contributed by atoms with Crippen LogP contribution in [0.3, 0.4) is 0 Å². The summed E-state index contributed by atoms with van der Waals surface area (Å²) in [5.41, 5.74) is 11.0. The van der Waals surface area contributed by atoms with Crippen molar-refractivity contribution in [2.75, 3.05) is 12.3 Å². The normalized spacial score (nSPS) is 14.3. The number of aryl methyl sites for hydroxylation is 1. The fraction of sp³-hybridized carbons (Fsp3) is 0.250. The van der Waals surface area contributed by atoms with Crippen LogP contribution in [0.15, 0.2) is 36.4 Å². The Balaban J connectivity index is 1.41. The van der Waals surface area contributed by atoms with Gasteiger partial charge in [-0.15, -0.1) is 5.10 Å². The van der Waals surface area contributed by atoms with Crippen LogP contribution in [-0.4, -0.2) is 31.0 Å². The summed E-state index contributed by atoms with van der Waals surface area (Å²) in [7, 11) is 0. The summed E-state index contributed by atoms with van der Waals surface area (Å²) < 4.78 is 15.0. The van der Waals surface area contributed by atoms with Gasteiger partial charge in [0.25, 0.3) is 0 Å². The molecule has 136 valence electrons. The van der Waals surface area contributed by atoms with Crippen LogP contribution in [0.5, 0.6) is 0 Å². The molecule has 2 aromatic heterocycles. The third-order valence-corrected chi connectivity index (χ3v) is 5.18. The molecule has 2 aromatic carbocycles. The van der Waals surface area contributed by atoms with Gasteiger partial charge >= 0.3 is 0 Å². The van der Waals surface area contributed by atoms with Crippen LogP contribution in [0.25, 0.3) is 16.6 Å². The predicted octanol–water partition coefficient (Wildman–Crippen LogP) is 2.87. The minimum absolute atomic E-state index is 0.178. The Labute approximate surface area is 155 Å². The maximum absolute atomic E-state index is 13.4.